The molecule has 1 nitrogen and oxygen atoms in total. The van der Waals surface area contributed by atoms with Crippen LogP contribution in [0.5, 0.6) is 0 Å². The Labute approximate surface area is 112 Å². The summed E-state index contributed by atoms with van der Waals surface area (Å²) < 4.78 is 0. The molecule has 2 rings (SSSR count). The van der Waals surface area contributed by atoms with Crippen LogP contribution in [0.25, 0.3) is 0 Å². The summed E-state index contributed by atoms with van der Waals surface area (Å²) in [7, 11) is -1.30. The van der Waals surface area contributed by atoms with Crippen molar-refractivity contribution in [1.82, 2.24) is 0 Å². The first-order valence-electron chi connectivity index (χ1n) is 7.09. The summed E-state index contributed by atoms with van der Waals surface area (Å²) in [4.78, 5) is 12.6. The van der Waals surface area contributed by atoms with E-state index in [-0.39, 0.29) is 0 Å². The van der Waals surface area contributed by atoms with Crippen LogP contribution >= 0.6 is 0 Å². The van der Waals surface area contributed by atoms with Crippen LogP contribution in [0.3, 0.4) is 0 Å². The van der Waals surface area contributed by atoms with E-state index >= 15 is 0 Å². The number of allylic oxidation sites excluding steroid dienone is 3. The molecule has 100 valence electrons. The summed E-state index contributed by atoms with van der Waals surface area (Å²) >= 11 is 0. The molecule has 2 aliphatic rings. The molecule has 0 spiro atoms. The van der Waals surface area contributed by atoms with Crippen molar-refractivity contribution < 1.29 is 4.79 Å². The van der Waals surface area contributed by atoms with E-state index in [1.807, 2.05) is 6.92 Å². The lowest BCUT2D eigenvalue weighted by Crippen LogP contribution is -2.23. The zero-order valence-corrected chi connectivity index (χ0v) is 13.6. The normalized spacial score (nSPS) is 30.6. The van der Waals surface area contributed by atoms with Gasteiger partial charge in [-0.1, -0.05) is 45.3 Å². The van der Waals surface area contributed by atoms with Crippen LogP contribution in [0, 0.1) is 17.3 Å². The Morgan fingerprint density at radius 3 is 2.33 bits per heavy atom. The molecule has 2 aliphatic carbocycles. The summed E-state index contributed by atoms with van der Waals surface area (Å²) in [5.41, 5.74) is 4.64. The lowest BCUT2D eigenvalue weighted by Gasteiger charge is -2.25. The number of ketones is 1. The fraction of sp³-hybridized carbons (Fsp3) is 0.688. The minimum Gasteiger partial charge on any atom is -0.289 e. The quantitative estimate of drug-likeness (QED) is 0.545. The number of hydrogen-bond donors (Lipinski definition) is 0. The Morgan fingerprint density at radius 1 is 1.33 bits per heavy atom. The monoisotopic (exact) mass is 262 g/mol. The number of carbonyl (C=O) groups is 1. The van der Waals surface area contributed by atoms with Crippen LogP contribution in [0.2, 0.25) is 19.6 Å². The van der Waals surface area contributed by atoms with Gasteiger partial charge in [-0.05, 0) is 48.2 Å². The van der Waals surface area contributed by atoms with Crippen molar-refractivity contribution in [1.29, 1.82) is 0 Å². The molecule has 0 aromatic carbocycles. The Hall–Kier alpha value is -0.633. The van der Waals surface area contributed by atoms with Crippen LogP contribution in [0.4, 0.5) is 0 Å². The number of hydrogen-bond acceptors (Lipinski definition) is 1. The average molecular weight is 262 g/mol. The second-order valence-corrected chi connectivity index (χ2v) is 12.7. The predicted octanol–water partition coefficient (Wildman–Crippen LogP) is 4.37. The Morgan fingerprint density at radius 2 is 1.94 bits per heavy atom. The van der Waals surface area contributed by atoms with Crippen LogP contribution in [0.15, 0.2) is 22.9 Å². The summed E-state index contributed by atoms with van der Waals surface area (Å²) in [6, 6.07) is 0. The van der Waals surface area contributed by atoms with Crippen LogP contribution in [-0.4, -0.2) is 13.9 Å². The highest BCUT2D eigenvalue weighted by molar-refractivity contribution is 6.81. The molecule has 0 N–H and O–H groups in total. The van der Waals surface area contributed by atoms with Gasteiger partial charge < -0.3 is 0 Å². The Bertz CT molecular complexity index is 435. The first-order valence-corrected chi connectivity index (χ1v) is 10.7. The Balaban J connectivity index is 2.23. The third-order valence-electron chi connectivity index (χ3n) is 4.65. The largest absolute Gasteiger partial charge is 0.289 e. The molecule has 2 unspecified atom stereocenters. The lowest BCUT2D eigenvalue weighted by molar-refractivity contribution is -0.112. The number of carbonyl (C=O) groups excluding carboxylic acids is 1. The third-order valence-corrected chi connectivity index (χ3v) is 5.95. The molecule has 0 aliphatic heterocycles. The molecule has 1 saturated carbocycles. The molecule has 0 saturated heterocycles. The molecular formula is C16H26OSi. The van der Waals surface area contributed by atoms with E-state index in [0.29, 0.717) is 23.0 Å². The van der Waals surface area contributed by atoms with Gasteiger partial charge in [-0.3, -0.25) is 4.79 Å². The Kier molecular flexibility index (Phi) is 3.21. The van der Waals surface area contributed by atoms with Crippen molar-refractivity contribution in [2.75, 3.05) is 0 Å². The maximum absolute atomic E-state index is 12.6. The minimum absolute atomic E-state index is 0.310. The summed E-state index contributed by atoms with van der Waals surface area (Å²) in [5, 5.41) is 0. The molecule has 2 heteroatoms. The minimum atomic E-state index is -1.30. The van der Waals surface area contributed by atoms with Gasteiger partial charge in [0.15, 0.2) is 5.78 Å². The van der Waals surface area contributed by atoms with E-state index < -0.39 is 8.07 Å². The highest BCUT2D eigenvalue weighted by Crippen LogP contribution is 2.57. The molecule has 18 heavy (non-hydrogen) atoms. The number of fused-ring (bicyclic) bond motifs is 2. The van der Waals surface area contributed by atoms with Gasteiger partial charge in [-0.2, -0.15) is 0 Å². The van der Waals surface area contributed by atoms with E-state index in [2.05, 4.69) is 45.3 Å². The van der Waals surface area contributed by atoms with Crippen molar-refractivity contribution in [2.45, 2.75) is 53.3 Å². The van der Waals surface area contributed by atoms with E-state index in [9.17, 15) is 4.79 Å². The van der Waals surface area contributed by atoms with E-state index in [0.717, 1.165) is 11.1 Å². The van der Waals surface area contributed by atoms with Gasteiger partial charge in [0.25, 0.3) is 0 Å². The van der Waals surface area contributed by atoms with Gasteiger partial charge in [-0.15, -0.1) is 0 Å². The van der Waals surface area contributed by atoms with E-state index in [1.165, 1.54) is 12.8 Å². The molecule has 0 aromatic heterocycles. The van der Waals surface area contributed by atoms with Crippen LogP contribution in [0.1, 0.15) is 33.6 Å². The topological polar surface area (TPSA) is 17.1 Å². The predicted molar refractivity (Wildman–Crippen MR) is 80.2 cm³/mol. The van der Waals surface area contributed by atoms with Gasteiger partial charge in [-0.25, -0.2) is 0 Å². The molecule has 0 amide bonds. The molecule has 1 fully saturated rings. The van der Waals surface area contributed by atoms with Gasteiger partial charge in [0, 0.05) is 0 Å². The molecule has 0 radical (unpaired) electrons. The van der Waals surface area contributed by atoms with Crippen molar-refractivity contribution in [3.8, 4) is 0 Å². The highest BCUT2D eigenvalue weighted by Gasteiger charge is 2.50. The molecule has 2 bridgehead atoms. The van der Waals surface area contributed by atoms with Gasteiger partial charge in [0.1, 0.15) is 0 Å². The number of Topliss-reactive ketones (excluding diaryl/α,β-unsaturated/α-hetero) is 1. The molecular weight excluding hydrogens is 236 g/mol. The SMILES string of the molecule is C/C(=C\[Si](C)(C)C)C(=O)C1=CC2CCC1C2(C)C. The van der Waals surface area contributed by atoms with Gasteiger partial charge in [0.05, 0.1) is 8.07 Å². The smallest absolute Gasteiger partial charge is 0.184 e. The van der Waals surface area contributed by atoms with Crippen LogP contribution < -0.4 is 0 Å². The average Bonchev–Trinajstić information content (AvgIpc) is 2.64. The summed E-state index contributed by atoms with van der Waals surface area (Å²) in [6.45, 7) is 13.5. The maximum Gasteiger partial charge on any atom is 0.184 e. The molecule has 0 aromatic rings. The standard InChI is InChI=1S/C16H26OSi/c1-11(10-18(4,5)6)15(17)13-9-12-7-8-14(13)16(12,2)3/h9-10,12,14H,7-8H2,1-6H3/b11-10+. The van der Waals surface area contributed by atoms with Crippen molar-refractivity contribution in [2.24, 2.45) is 17.3 Å². The summed E-state index contributed by atoms with van der Waals surface area (Å²) in [6.07, 6.45) is 4.75. The van der Waals surface area contributed by atoms with Gasteiger partial charge in [0.2, 0.25) is 0 Å². The zero-order chi connectivity index (χ0) is 13.7. The van der Waals surface area contributed by atoms with Crippen molar-refractivity contribution >= 4 is 13.9 Å². The van der Waals surface area contributed by atoms with Crippen LogP contribution in [-0.2, 0) is 4.79 Å². The summed E-state index contributed by atoms with van der Waals surface area (Å²) in [5.74, 6) is 1.44. The third kappa shape index (κ3) is 2.27. The second kappa shape index (κ2) is 4.19. The number of rotatable bonds is 3. The molecule has 2 atom stereocenters. The van der Waals surface area contributed by atoms with E-state index in [4.69, 9.17) is 0 Å². The van der Waals surface area contributed by atoms with Crippen molar-refractivity contribution in [3.05, 3.63) is 22.9 Å². The first-order chi connectivity index (χ1) is 8.13. The fourth-order valence-electron chi connectivity index (χ4n) is 3.71. The second-order valence-electron chi connectivity index (χ2n) is 7.70. The maximum atomic E-state index is 12.6. The fourth-order valence-corrected chi connectivity index (χ4v) is 5.14. The molecule has 0 heterocycles. The van der Waals surface area contributed by atoms with E-state index in [1.54, 1.807) is 0 Å². The lowest BCUT2D eigenvalue weighted by atomic mass is 9.78. The van der Waals surface area contributed by atoms with Crippen molar-refractivity contribution in [3.63, 3.8) is 0 Å². The highest BCUT2D eigenvalue weighted by atomic mass is 28.3. The first kappa shape index (κ1) is 13.8. The zero-order valence-electron chi connectivity index (χ0n) is 12.6. The van der Waals surface area contributed by atoms with Gasteiger partial charge >= 0.3 is 0 Å².